The summed E-state index contributed by atoms with van der Waals surface area (Å²) in [5.74, 6) is -1.00. The maximum Gasteiger partial charge on any atom is 0.573 e. The van der Waals surface area contributed by atoms with E-state index in [0.29, 0.717) is 21.9 Å². The number of hydrogen-bond donors (Lipinski definition) is 2. The maximum atomic E-state index is 13.0. The molecule has 0 aliphatic rings. The van der Waals surface area contributed by atoms with Crippen LogP contribution in [0, 0.1) is 0 Å². The van der Waals surface area contributed by atoms with E-state index in [1.807, 2.05) is 0 Å². The third-order valence-corrected chi connectivity index (χ3v) is 4.95. The summed E-state index contributed by atoms with van der Waals surface area (Å²) in [5, 5.41) is 1.12. The minimum atomic E-state index is -4.95. The van der Waals surface area contributed by atoms with E-state index >= 15 is 0 Å². The van der Waals surface area contributed by atoms with Crippen LogP contribution in [0.1, 0.15) is 0 Å². The van der Waals surface area contributed by atoms with Gasteiger partial charge in [0.15, 0.2) is 0 Å². The first-order valence-corrected chi connectivity index (χ1v) is 9.74. The maximum absolute atomic E-state index is 13.0. The summed E-state index contributed by atoms with van der Waals surface area (Å²) >= 11 is 0. The van der Waals surface area contributed by atoms with Crippen LogP contribution < -0.4 is 20.9 Å². The van der Waals surface area contributed by atoms with Crippen LogP contribution >= 0.6 is 0 Å². The van der Waals surface area contributed by atoms with Gasteiger partial charge in [0.05, 0.1) is 0 Å². The Kier molecular flexibility index (Phi) is 5.68. The number of fused-ring (bicyclic) bond motifs is 1. The SMILES string of the molecule is Nc1ccc(-c2ccc3cccc(-c4ccc(N)cc4OC(F)(F)F)c3c2)c(OC(F)(F)F)c1. The van der Waals surface area contributed by atoms with E-state index < -0.39 is 24.2 Å². The summed E-state index contributed by atoms with van der Waals surface area (Å²) in [6, 6.07) is 17.5. The highest BCUT2D eigenvalue weighted by molar-refractivity contribution is 6.00. The van der Waals surface area contributed by atoms with E-state index in [1.165, 1.54) is 24.3 Å². The zero-order valence-electron chi connectivity index (χ0n) is 17.2. The largest absolute Gasteiger partial charge is 0.573 e. The first kappa shape index (κ1) is 23.1. The molecule has 4 nitrogen and oxygen atoms in total. The highest BCUT2D eigenvalue weighted by Gasteiger charge is 2.33. The highest BCUT2D eigenvalue weighted by atomic mass is 19.4. The molecule has 34 heavy (non-hydrogen) atoms. The fraction of sp³-hybridized carbons (Fsp3) is 0.0833. The number of nitrogen functional groups attached to an aromatic ring is 2. The second-order valence-electron chi connectivity index (χ2n) is 7.35. The molecule has 4 aromatic rings. The fourth-order valence-electron chi connectivity index (χ4n) is 3.63. The lowest BCUT2D eigenvalue weighted by atomic mass is 9.94. The van der Waals surface area contributed by atoms with Gasteiger partial charge in [-0.15, -0.1) is 26.3 Å². The van der Waals surface area contributed by atoms with Gasteiger partial charge in [0.25, 0.3) is 0 Å². The zero-order chi connectivity index (χ0) is 24.7. The molecule has 0 aliphatic heterocycles. The molecule has 176 valence electrons. The zero-order valence-corrected chi connectivity index (χ0v) is 17.2. The van der Waals surface area contributed by atoms with E-state index in [2.05, 4.69) is 9.47 Å². The molecule has 4 N–H and O–H groups in total. The van der Waals surface area contributed by atoms with Gasteiger partial charge in [0, 0.05) is 34.6 Å². The van der Waals surface area contributed by atoms with Gasteiger partial charge in [-0.3, -0.25) is 0 Å². The monoisotopic (exact) mass is 478 g/mol. The van der Waals surface area contributed by atoms with Crippen LogP contribution in [0.25, 0.3) is 33.0 Å². The minimum Gasteiger partial charge on any atom is -0.405 e. The molecule has 0 amide bonds. The van der Waals surface area contributed by atoms with Crippen molar-refractivity contribution in [2.45, 2.75) is 12.7 Å². The van der Waals surface area contributed by atoms with Crippen molar-refractivity contribution in [1.29, 1.82) is 0 Å². The molecular formula is C24H16F6N2O2. The van der Waals surface area contributed by atoms with Crippen LogP contribution in [0.15, 0.2) is 72.8 Å². The molecule has 0 fully saturated rings. The van der Waals surface area contributed by atoms with Crippen LogP contribution in [0.5, 0.6) is 11.5 Å². The quantitative estimate of drug-likeness (QED) is 0.242. The molecule has 0 atom stereocenters. The third kappa shape index (κ3) is 5.11. The number of hydrogen-bond acceptors (Lipinski definition) is 4. The van der Waals surface area contributed by atoms with Crippen LogP contribution in [0.4, 0.5) is 37.7 Å². The van der Waals surface area contributed by atoms with E-state index in [1.54, 1.807) is 36.4 Å². The average molecular weight is 478 g/mol. The Bertz CT molecular complexity index is 1370. The van der Waals surface area contributed by atoms with Gasteiger partial charge in [0.2, 0.25) is 0 Å². The van der Waals surface area contributed by atoms with Crippen molar-refractivity contribution in [3.63, 3.8) is 0 Å². The van der Waals surface area contributed by atoms with Crippen LogP contribution in [-0.4, -0.2) is 12.7 Å². The number of anilines is 2. The Morgan fingerprint density at radius 1 is 0.559 bits per heavy atom. The number of halogens is 6. The highest BCUT2D eigenvalue weighted by Crippen LogP contribution is 2.41. The summed E-state index contributed by atoms with van der Waals surface area (Å²) < 4.78 is 86.1. The van der Waals surface area contributed by atoms with Crippen molar-refractivity contribution in [3.05, 3.63) is 72.8 Å². The van der Waals surface area contributed by atoms with Crippen molar-refractivity contribution in [2.75, 3.05) is 11.5 Å². The molecule has 0 aliphatic carbocycles. The molecule has 4 rings (SSSR count). The van der Waals surface area contributed by atoms with Gasteiger partial charge in [0.1, 0.15) is 11.5 Å². The van der Waals surface area contributed by atoms with Gasteiger partial charge in [-0.1, -0.05) is 30.3 Å². The van der Waals surface area contributed by atoms with E-state index in [9.17, 15) is 26.3 Å². The van der Waals surface area contributed by atoms with Crippen molar-refractivity contribution < 1.29 is 35.8 Å². The molecule has 4 aromatic carbocycles. The molecule has 0 unspecified atom stereocenters. The summed E-state index contributed by atoms with van der Waals surface area (Å²) in [6.45, 7) is 0. The molecule has 0 bridgehead atoms. The number of benzene rings is 4. The van der Waals surface area contributed by atoms with E-state index in [4.69, 9.17) is 11.5 Å². The first-order chi connectivity index (χ1) is 15.9. The Hall–Kier alpha value is -4.08. The Morgan fingerprint density at radius 2 is 1.12 bits per heavy atom. The Balaban J connectivity index is 1.91. The van der Waals surface area contributed by atoms with Gasteiger partial charge < -0.3 is 20.9 Å². The normalized spacial score (nSPS) is 12.1. The lowest BCUT2D eigenvalue weighted by Crippen LogP contribution is -2.18. The number of rotatable bonds is 4. The summed E-state index contributed by atoms with van der Waals surface area (Å²) in [6.07, 6.45) is -9.90. The van der Waals surface area contributed by atoms with Crippen LogP contribution in [0.2, 0.25) is 0 Å². The Labute approximate surface area is 189 Å². The van der Waals surface area contributed by atoms with Crippen molar-refractivity contribution in [1.82, 2.24) is 0 Å². The first-order valence-electron chi connectivity index (χ1n) is 9.74. The van der Waals surface area contributed by atoms with Crippen molar-refractivity contribution >= 4 is 22.1 Å². The molecule has 0 heterocycles. The van der Waals surface area contributed by atoms with Gasteiger partial charge in [-0.2, -0.15) is 0 Å². The lowest BCUT2D eigenvalue weighted by molar-refractivity contribution is -0.275. The molecule has 0 aromatic heterocycles. The average Bonchev–Trinajstić information content (AvgIpc) is 2.71. The smallest absolute Gasteiger partial charge is 0.405 e. The molecule has 0 radical (unpaired) electrons. The molecule has 0 spiro atoms. The number of alkyl halides is 6. The predicted molar refractivity (Wildman–Crippen MR) is 117 cm³/mol. The second kappa shape index (κ2) is 8.36. The molecule has 0 saturated heterocycles. The molecular weight excluding hydrogens is 462 g/mol. The lowest BCUT2D eigenvalue weighted by Gasteiger charge is -2.17. The fourth-order valence-corrected chi connectivity index (χ4v) is 3.63. The molecule has 10 heteroatoms. The van der Waals surface area contributed by atoms with Crippen LogP contribution in [0.3, 0.4) is 0 Å². The minimum absolute atomic E-state index is 0.0692. The van der Waals surface area contributed by atoms with E-state index in [0.717, 1.165) is 12.1 Å². The van der Waals surface area contributed by atoms with Gasteiger partial charge in [-0.25, -0.2) is 0 Å². The second-order valence-corrected chi connectivity index (χ2v) is 7.35. The summed E-state index contributed by atoms with van der Waals surface area (Å²) in [5.41, 5.74) is 12.3. The topological polar surface area (TPSA) is 70.5 Å². The third-order valence-electron chi connectivity index (χ3n) is 4.95. The van der Waals surface area contributed by atoms with E-state index in [-0.39, 0.29) is 22.5 Å². The number of ether oxygens (including phenoxy) is 2. The van der Waals surface area contributed by atoms with Crippen molar-refractivity contribution in [2.24, 2.45) is 0 Å². The summed E-state index contributed by atoms with van der Waals surface area (Å²) in [4.78, 5) is 0. The van der Waals surface area contributed by atoms with Gasteiger partial charge >= 0.3 is 12.7 Å². The molecule has 0 saturated carbocycles. The predicted octanol–water partition coefficient (Wildman–Crippen LogP) is 7.14. The standard InChI is InChI=1S/C24H16F6N2O2/c25-23(26,27)33-21-11-15(31)6-8-17(21)14-5-4-13-2-1-3-18(20(13)10-14)19-9-7-16(32)12-22(19)34-24(28,29)30/h1-12H,31-32H2. The summed E-state index contributed by atoms with van der Waals surface area (Å²) in [7, 11) is 0. The van der Waals surface area contributed by atoms with Gasteiger partial charge in [-0.05, 0) is 52.2 Å². The van der Waals surface area contributed by atoms with Crippen molar-refractivity contribution in [3.8, 4) is 33.8 Å². The number of nitrogens with two attached hydrogens (primary N) is 2. The Morgan fingerprint density at radius 3 is 1.71 bits per heavy atom. The van der Waals surface area contributed by atoms with Crippen LogP contribution in [-0.2, 0) is 0 Å².